The number of likely N-dealkylation sites (tertiary alicyclic amines) is 1. The van der Waals surface area contributed by atoms with Crippen molar-refractivity contribution in [3.63, 3.8) is 0 Å². The minimum Gasteiger partial charge on any atom is -0.317 e. The molecule has 2 aromatic heterocycles. The quantitative estimate of drug-likeness (QED) is 0.725. The van der Waals surface area contributed by atoms with Crippen LogP contribution in [0.3, 0.4) is 0 Å². The molecule has 1 aliphatic rings. The fraction of sp³-hybridized carbons (Fsp3) is 0.400. The van der Waals surface area contributed by atoms with E-state index >= 15 is 0 Å². The van der Waals surface area contributed by atoms with Gasteiger partial charge in [0.15, 0.2) is 0 Å². The van der Waals surface area contributed by atoms with Crippen LogP contribution in [-0.4, -0.2) is 42.7 Å². The Balaban J connectivity index is 1.53. The maximum Gasteiger partial charge on any atom is 0.322 e. The van der Waals surface area contributed by atoms with Crippen molar-refractivity contribution in [1.29, 1.82) is 0 Å². The van der Waals surface area contributed by atoms with Crippen LogP contribution in [0, 0.1) is 13.8 Å². The number of rotatable bonds is 3. The van der Waals surface area contributed by atoms with E-state index in [1.165, 1.54) is 0 Å². The molecule has 1 aromatic carbocycles. The van der Waals surface area contributed by atoms with Crippen molar-refractivity contribution in [3.8, 4) is 5.69 Å². The summed E-state index contributed by atoms with van der Waals surface area (Å²) in [5, 5.41) is 18.2. The zero-order valence-electron chi connectivity index (χ0n) is 16.2. The summed E-state index contributed by atoms with van der Waals surface area (Å²) >= 11 is 0. The van der Waals surface area contributed by atoms with E-state index in [1.807, 2.05) is 43.0 Å². The van der Waals surface area contributed by atoms with Gasteiger partial charge in [0, 0.05) is 23.5 Å². The summed E-state index contributed by atoms with van der Waals surface area (Å²) in [7, 11) is 0. The molecule has 3 aromatic rings. The van der Waals surface area contributed by atoms with E-state index in [-0.39, 0.29) is 12.1 Å². The Kier molecular flexibility index (Phi) is 5.10. The highest BCUT2D eigenvalue weighted by atomic mass is 16.2. The maximum absolute atomic E-state index is 13.1. The summed E-state index contributed by atoms with van der Waals surface area (Å²) in [5.74, 6) is 0. The van der Waals surface area contributed by atoms with Gasteiger partial charge in [-0.05, 0) is 51.0 Å². The molecule has 8 heteroatoms. The Morgan fingerprint density at radius 1 is 1.18 bits per heavy atom. The summed E-state index contributed by atoms with van der Waals surface area (Å²) in [4.78, 5) is 15.1. The number of nitrogens with zero attached hydrogens (tertiary/aromatic N) is 5. The Labute approximate surface area is 163 Å². The highest BCUT2D eigenvalue weighted by Gasteiger charge is 2.30. The van der Waals surface area contributed by atoms with E-state index in [0.717, 1.165) is 60.6 Å². The van der Waals surface area contributed by atoms with Crippen molar-refractivity contribution < 1.29 is 4.79 Å². The summed E-state index contributed by atoms with van der Waals surface area (Å²) < 4.78 is 1.68. The van der Waals surface area contributed by atoms with Crippen LogP contribution in [0.2, 0.25) is 0 Å². The van der Waals surface area contributed by atoms with Crippen molar-refractivity contribution in [3.05, 3.63) is 53.6 Å². The fourth-order valence-corrected chi connectivity index (χ4v) is 3.94. The molecule has 0 spiro atoms. The van der Waals surface area contributed by atoms with Gasteiger partial charge in [-0.15, -0.1) is 5.10 Å². The van der Waals surface area contributed by atoms with Gasteiger partial charge in [0.1, 0.15) is 0 Å². The number of hydrogen-bond donors (Lipinski definition) is 2. The lowest BCUT2D eigenvalue weighted by Gasteiger charge is -2.30. The topological polar surface area (TPSA) is 91.7 Å². The molecule has 2 N–H and O–H groups in total. The van der Waals surface area contributed by atoms with Crippen LogP contribution in [0.1, 0.15) is 48.7 Å². The molecule has 1 aliphatic heterocycles. The number of H-pyrrole nitrogens is 1. The first kappa shape index (κ1) is 18.2. The summed E-state index contributed by atoms with van der Waals surface area (Å²) in [6, 6.07) is 7.58. The number of nitrogens with one attached hydrogen (secondary N) is 2. The standard InChI is InChI=1S/C20H25N7O/c1-14-19(15(2)24-23-14)18-6-4-3-5-12-26(18)20(28)22-16-7-9-17(10-8-16)27-13-11-21-25-27/h7-11,13,18H,3-6,12H2,1-2H3,(H,22,28)(H,23,24)/t18-/m1/s1. The first-order chi connectivity index (χ1) is 13.6. The number of benzene rings is 1. The smallest absolute Gasteiger partial charge is 0.317 e. The predicted molar refractivity (Wildman–Crippen MR) is 106 cm³/mol. The molecule has 0 unspecified atom stereocenters. The molecule has 28 heavy (non-hydrogen) atoms. The van der Waals surface area contributed by atoms with E-state index in [4.69, 9.17) is 0 Å². The maximum atomic E-state index is 13.1. The third-order valence-electron chi connectivity index (χ3n) is 5.34. The Morgan fingerprint density at radius 2 is 2.00 bits per heavy atom. The zero-order valence-corrected chi connectivity index (χ0v) is 16.2. The Morgan fingerprint density at radius 3 is 2.68 bits per heavy atom. The molecular formula is C20H25N7O. The van der Waals surface area contributed by atoms with Crippen LogP contribution >= 0.6 is 0 Å². The summed E-state index contributed by atoms with van der Waals surface area (Å²) in [6.07, 6.45) is 7.65. The van der Waals surface area contributed by atoms with Crippen molar-refractivity contribution in [2.24, 2.45) is 0 Å². The van der Waals surface area contributed by atoms with E-state index in [1.54, 1.807) is 17.1 Å². The fourth-order valence-electron chi connectivity index (χ4n) is 3.94. The SMILES string of the molecule is Cc1n[nH]c(C)c1[C@H]1CCCCCN1C(=O)Nc1ccc(-n2ccnn2)cc1. The van der Waals surface area contributed by atoms with Gasteiger partial charge in [-0.1, -0.05) is 18.1 Å². The molecule has 4 rings (SSSR count). The average molecular weight is 379 g/mol. The van der Waals surface area contributed by atoms with Crippen LogP contribution in [-0.2, 0) is 0 Å². The van der Waals surface area contributed by atoms with E-state index in [0.29, 0.717) is 0 Å². The number of aromatic nitrogens is 5. The molecule has 1 fully saturated rings. The van der Waals surface area contributed by atoms with Gasteiger partial charge >= 0.3 is 6.03 Å². The first-order valence-corrected chi connectivity index (χ1v) is 9.69. The molecule has 1 atom stereocenters. The number of carbonyl (C=O) groups excluding carboxylic acids is 1. The van der Waals surface area contributed by atoms with Crippen molar-refractivity contribution in [2.45, 2.75) is 45.6 Å². The molecule has 2 amide bonds. The Bertz CT molecular complexity index is 911. The van der Waals surface area contributed by atoms with E-state index in [2.05, 4.69) is 25.8 Å². The number of carbonyl (C=O) groups is 1. The predicted octanol–water partition coefficient (Wildman–Crippen LogP) is 3.76. The number of anilines is 1. The lowest BCUT2D eigenvalue weighted by Crippen LogP contribution is -2.38. The minimum atomic E-state index is -0.0691. The number of urea groups is 1. The highest BCUT2D eigenvalue weighted by Crippen LogP contribution is 2.33. The van der Waals surface area contributed by atoms with Crippen molar-refractivity contribution in [1.82, 2.24) is 30.1 Å². The molecule has 0 bridgehead atoms. The molecule has 146 valence electrons. The van der Waals surface area contributed by atoms with Gasteiger partial charge in [-0.3, -0.25) is 5.10 Å². The largest absolute Gasteiger partial charge is 0.322 e. The second kappa shape index (κ2) is 7.84. The monoisotopic (exact) mass is 379 g/mol. The summed E-state index contributed by atoms with van der Waals surface area (Å²) in [5.41, 5.74) is 4.82. The van der Waals surface area contributed by atoms with Crippen LogP contribution in [0.25, 0.3) is 5.69 Å². The molecule has 1 saturated heterocycles. The number of hydrogen-bond acceptors (Lipinski definition) is 4. The molecule has 0 saturated carbocycles. The van der Waals surface area contributed by atoms with Crippen molar-refractivity contribution in [2.75, 3.05) is 11.9 Å². The number of aromatic amines is 1. The molecule has 0 aliphatic carbocycles. The normalized spacial score (nSPS) is 17.4. The highest BCUT2D eigenvalue weighted by molar-refractivity contribution is 5.89. The average Bonchev–Trinajstić information content (AvgIpc) is 3.27. The third kappa shape index (κ3) is 3.62. The second-order valence-corrected chi connectivity index (χ2v) is 7.23. The molecule has 3 heterocycles. The van der Waals surface area contributed by atoms with Crippen LogP contribution in [0.4, 0.5) is 10.5 Å². The zero-order chi connectivity index (χ0) is 19.5. The van der Waals surface area contributed by atoms with Gasteiger partial charge in [0.25, 0.3) is 0 Å². The second-order valence-electron chi connectivity index (χ2n) is 7.23. The molecular weight excluding hydrogens is 354 g/mol. The lowest BCUT2D eigenvalue weighted by atomic mass is 9.99. The van der Waals surface area contributed by atoms with Gasteiger partial charge in [-0.25, -0.2) is 9.48 Å². The van der Waals surface area contributed by atoms with Gasteiger partial charge in [-0.2, -0.15) is 5.10 Å². The minimum absolute atomic E-state index is 0.0515. The van der Waals surface area contributed by atoms with Gasteiger partial charge in [0.2, 0.25) is 0 Å². The van der Waals surface area contributed by atoms with Crippen molar-refractivity contribution >= 4 is 11.7 Å². The Hall–Kier alpha value is -3.16. The third-order valence-corrected chi connectivity index (χ3v) is 5.34. The van der Waals surface area contributed by atoms with Gasteiger partial charge < -0.3 is 10.2 Å². The van der Waals surface area contributed by atoms with Crippen LogP contribution < -0.4 is 5.32 Å². The lowest BCUT2D eigenvalue weighted by molar-refractivity contribution is 0.189. The van der Waals surface area contributed by atoms with E-state index in [9.17, 15) is 4.79 Å². The summed E-state index contributed by atoms with van der Waals surface area (Å²) in [6.45, 7) is 4.78. The van der Waals surface area contributed by atoms with Gasteiger partial charge in [0.05, 0.1) is 29.8 Å². The molecule has 8 nitrogen and oxygen atoms in total. The first-order valence-electron chi connectivity index (χ1n) is 9.69. The number of aryl methyl sites for hydroxylation is 2. The molecule has 0 radical (unpaired) electrons. The van der Waals surface area contributed by atoms with Crippen LogP contribution in [0.5, 0.6) is 0 Å². The number of amides is 2. The van der Waals surface area contributed by atoms with E-state index < -0.39 is 0 Å². The van der Waals surface area contributed by atoms with Crippen LogP contribution in [0.15, 0.2) is 36.7 Å².